The largest absolute Gasteiger partial charge is 0.497 e. The molecule has 2 aromatic carbocycles. The molecule has 0 aliphatic carbocycles. The maximum Gasteiger partial charge on any atom is 0.261 e. The second-order valence-corrected chi connectivity index (χ2v) is 8.44. The summed E-state index contributed by atoms with van der Waals surface area (Å²) in [5, 5.41) is 3.90. The van der Waals surface area contributed by atoms with Crippen molar-refractivity contribution in [2.75, 3.05) is 7.11 Å². The zero-order valence-corrected chi connectivity index (χ0v) is 16.6. The minimum Gasteiger partial charge on any atom is -0.497 e. The van der Waals surface area contributed by atoms with Crippen molar-refractivity contribution < 1.29 is 9.53 Å². The molecule has 0 aliphatic rings. The highest BCUT2D eigenvalue weighted by molar-refractivity contribution is 7.18. The molecule has 6 heteroatoms. The Hall–Kier alpha value is -2.70. The molecule has 0 unspecified atom stereocenters. The molecule has 1 amide bonds. The Balaban J connectivity index is 1.48. The van der Waals surface area contributed by atoms with Crippen LogP contribution in [0.2, 0.25) is 0 Å². The summed E-state index contributed by atoms with van der Waals surface area (Å²) in [5.74, 6) is 0.752. The number of nitrogens with one attached hydrogen (secondary N) is 1. The van der Waals surface area contributed by atoms with E-state index in [1.807, 2.05) is 61.5 Å². The van der Waals surface area contributed by atoms with E-state index in [-0.39, 0.29) is 5.91 Å². The first-order valence-corrected chi connectivity index (χ1v) is 10.1. The van der Waals surface area contributed by atoms with Gasteiger partial charge in [0, 0.05) is 4.88 Å². The Morgan fingerprint density at radius 3 is 2.63 bits per heavy atom. The minimum atomic E-state index is -0.0675. The lowest BCUT2D eigenvalue weighted by Gasteiger charge is -2.02. The Labute approximate surface area is 165 Å². The van der Waals surface area contributed by atoms with Crippen LogP contribution in [-0.4, -0.2) is 18.0 Å². The normalized spacial score (nSPS) is 10.9. The van der Waals surface area contributed by atoms with E-state index in [4.69, 9.17) is 4.74 Å². The van der Waals surface area contributed by atoms with Crippen molar-refractivity contribution in [1.29, 1.82) is 0 Å². The molecule has 4 aromatic rings. The summed E-state index contributed by atoms with van der Waals surface area (Å²) in [6.07, 6.45) is 0. The topological polar surface area (TPSA) is 51.2 Å². The van der Waals surface area contributed by atoms with Gasteiger partial charge in [0.1, 0.15) is 10.8 Å². The maximum atomic E-state index is 12.6. The van der Waals surface area contributed by atoms with E-state index < -0.39 is 0 Å². The second kappa shape index (κ2) is 7.50. The number of methoxy groups -OCH3 is 1. The fourth-order valence-corrected chi connectivity index (χ4v) is 4.76. The van der Waals surface area contributed by atoms with Gasteiger partial charge in [-0.1, -0.05) is 24.3 Å². The number of hydrogen-bond donors (Lipinski definition) is 1. The van der Waals surface area contributed by atoms with Crippen LogP contribution in [0.1, 0.15) is 19.6 Å². The number of nitrogens with zero attached hydrogens (tertiary/aromatic N) is 1. The molecule has 2 heterocycles. The van der Waals surface area contributed by atoms with Crippen LogP contribution >= 0.6 is 22.7 Å². The van der Waals surface area contributed by atoms with Gasteiger partial charge in [0.25, 0.3) is 5.91 Å². The number of hydrogen-bond acceptors (Lipinski definition) is 5. The summed E-state index contributed by atoms with van der Waals surface area (Å²) in [6.45, 7) is 2.47. The van der Waals surface area contributed by atoms with Gasteiger partial charge < -0.3 is 10.1 Å². The van der Waals surface area contributed by atoms with E-state index in [2.05, 4.69) is 10.3 Å². The number of fused-ring (bicyclic) bond motifs is 1. The SMILES string of the molecule is COc1ccc(-c2cc(C(=O)NCc3nc4ccccc4s3)sc2C)cc1. The van der Waals surface area contributed by atoms with Crippen LogP contribution < -0.4 is 10.1 Å². The van der Waals surface area contributed by atoms with Crippen LogP contribution in [0.15, 0.2) is 54.6 Å². The van der Waals surface area contributed by atoms with Gasteiger partial charge in [0.15, 0.2) is 0 Å². The van der Waals surface area contributed by atoms with Crippen molar-refractivity contribution in [1.82, 2.24) is 10.3 Å². The number of carbonyl (C=O) groups excluding carboxylic acids is 1. The van der Waals surface area contributed by atoms with Gasteiger partial charge in [-0.15, -0.1) is 22.7 Å². The van der Waals surface area contributed by atoms with Crippen LogP contribution in [0.3, 0.4) is 0 Å². The zero-order chi connectivity index (χ0) is 18.8. The Morgan fingerprint density at radius 2 is 1.89 bits per heavy atom. The van der Waals surface area contributed by atoms with E-state index in [1.54, 1.807) is 18.4 Å². The van der Waals surface area contributed by atoms with Gasteiger partial charge in [0.05, 0.1) is 28.7 Å². The lowest BCUT2D eigenvalue weighted by atomic mass is 10.1. The molecule has 4 rings (SSSR count). The van der Waals surface area contributed by atoms with Crippen LogP contribution in [0.25, 0.3) is 21.3 Å². The fraction of sp³-hybridized carbons (Fsp3) is 0.143. The molecular formula is C21H18N2O2S2. The molecule has 0 fully saturated rings. The van der Waals surface area contributed by atoms with E-state index in [9.17, 15) is 4.79 Å². The lowest BCUT2D eigenvalue weighted by molar-refractivity contribution is 0.0955. The van der Waals surface area contributed by atoms with Gasteiger partial charge in [-0.05, 0) is 48.4 Å². The summed E-state index contributed by atoms with van der Waals surface area (Å²) in [4.78, 5) is 19.0. The highest BCUT2D eigenvalue weighted by atomic mass is 32.1. The molecule has 4 nitrogen and oxygen atoms in total. The minimum absolute atomic E-state index is 0.0675. The van der Waals surface area contributed by atoms with E-state index in [1.165, 1.54) is 11.3 Å². The van der Waals surface area contributed by atoms with Crippen molar-refractivity contribution in [3.63, 3.8) is 0 Å². The third-order valence-electron chi connectivity index (χ3n) is 4.28. The van der Waals surface area contributed by atoms with Gasteiger partial charge >= 0.3 is 0 Å². The number of benzene rings is 2. The van der Waals surface area contributed by atoms with Crippen molar-refractivity contribution in [3.05, 3.63) is 69.4 Å². The van der Waals surface area contributed by atoms with Crippen LogP contribution in [0.4, 0.5) is 0 Å². The van der Waals surface area contributed by atoms with Crippen LogP contribution in [-0.2, 0) is 6.54 Å². The third-order valence-corrected chi connectivity index (χ3v) is 6.37. The first-order chi connectivity index (χ1) is 13.1. The predicted molar refractivity (Wildman–Crippen MR) is 112 cm³/mol. The molecule has 0 saturated carbocycles. The number of amides is 1. The van der Waals surface area contributed by atoms with Gasteiger partial charge in [-0.3, -0.25) is 4.79 Å². The van der Waals surface area contributed by atoms with E-state index >= 15 is 0 Å². The highest BCUT2D eigenvalue weighted by Crippen LogP contribution is 2.32. The average molecular weight is 395 g/mol. The van der Waals surface area contributed by atoms with Gasteiger partial charge in [-0.2, -0.15) is 0 Å². The number of rotatable bonds is 5. The number of ether oxygens (including phenoxy) is 1. The number of thiazole rings is 1. The molecule has 136 valence electrons. The zero-order valence-electron chi connectivity index (χ0n) is 15.0. The number of aromatic nitrogens is 1. The summed E-state index contributed by atoms with van der Waals surface area (Å²) >= 11 is 3.12. The summed E-state index contributed by atoms with van der Waals surface area (Å²) < 4.78 is 6.34. The number of aryl methyl sites for hydroxylation is 1. The summed E-state index contributed by atoms with van der Waals surface area (Å²) in [7, 11) is 1.65. The maximum absolute atomic E-state index is 12.6. The highest BCUT2D eigenvalue weighted by Gasteiger charge is 2.14. The number of thiophene rings is 1. The smallest absolute Gasteiger partial charge is 0.261 e. The molecule has 0 spiro atoms. The second-order valence-electron chi connectivity index (χ2n) is 6.07. The number of para-hydroxylation sites is 1. The van der Waals surface area contributed by atoms with Crippen LogP contribution in [0, 0.1) is 6.92 Å². The molecule has 1 N–H and O–H groups in total. The fourth-order valence-electron chi connectivity index (χ4n) is 2.89. The molecule has 0 bridgehead atoms. The van der Waals surface area contributed by atoms with Crippen LogP contribution in [0.5, 0.6) is 5.75 Å². The van der Waals surface area contributed by atoms with Crippen molar-refractivity contribution in [2.45, 2.75) is 13.5 Å². The quantitative estimate of drug-likeness (QED) is 0.501. The first-order valence-electron chi connectivity index (χ1n) is 8.51. The van der Waals surface area contributed by atoms with Crippen molar-refractivity contribution in [2.24, 2.45) is 0 Å². The standard InChI is InChI=1S/C21H18N2O2S2/c1-13-16(14-7-9-15(25-2)10-8-14)11-19(26-13)21(24)22-12-20-23-17-5-3-4-6-18(17)27-20/h3-11H,12H2,1-2H3,(H,22,24). The predicted octanol–water partition coefficient (Wildman–Crippen LogP) is 5.27. The van der Waals surface area contributed by atoms with E-state index in [0.29, 0.717) is 11.4 Å². The molecule has 2 aromatic heterocycles. The molecule has 27 heavy (non-hydrogen) atoms. The molecule has 0 radical (unpaired) electrons. The van der Waals surface area contributed by atoms with Crippen molar-refractivity contribution >= 4 is 38.8 Å². The monoisotopic (exact) mass is 394 g/mol. The van der Waals surface area contributed by atoms with Gasteiger partial charge in [0.2, 0.25) is 0 Å². The van der Waals surface area contributed by atoms with Crippen molar-refractivity contribution in [3.8, 4) is 16.9 Å². The molecule has 0 aliphatic heterocycles. The Morgan fingerprint density at radius 1 is 1.11 bits per heavy atom. The number of carbonyl (C=O) groups is 1. The Bertz CT molecular complexity index is 1060. The summed E-state index contributed by atoms with van der Waals surface area (Å²) in [5.41, 5.74) is 3.13. The average Bonchev–Trinajstić information content (AvgIpc) is 3.29. The molecule has 0 saturated heterocycles. The third kappa shape index (κ3) is 3.72. The lowest BCUT2D eigenvalue weighted by Crippen LogP contribution is -2.21. The first kappa shape index (κ1) is 17.7. The van der Waals surface area contributed by atoms with Gasteiger partial charge in [-0.25, -0.2) is 4.98 Å². The summed E-state index contributed by atoms with van der Waals surface area (Å²) in [6, 6.07) is 17.8. The molecular weight excluding hydrogens is 376 g/mol. The Kier molecular flexibility index (Phi) is 4.92. The van der Waals surface area contributed by atoms with E-state index in [0.717, 1.165) is 37.0 Å². The molecule has 0 atom stereocenters.